The quantitative estimate of drug-likeness (QED) is 0.909. The van der Waals surface area contributed by atoms with Crippen molar-refractivity contribution in [3.8, 4) is 11.3 Å². The van der Waals surface area contributed by atoms with E-state index in [1.165, 1.54) is 0 Å². The molecule has 0 spiro atoms. The van der Waals surface area contributed by atoms with Gasteiger partial charge in [0.05, 0.1) is 23.7 Å². The zero-order valence-corrected chi connectivity index (χ0v) is 11.0. The molecule has 0 aliphatic carbocycles. The van der Waals surface area contributed by atoms with Crippen molar-refractivity contribution in [2.75, 3.05) is 13.1 Å². The van der Waals surface area contributed by atoms with E-state index in [0.717, 1.165) is 43.7 Å². The summed E-state index contributed by atoms with van der Waals surface area (Å²) in [6.07, 6.45) is 7.48. The molecule has 6 nitrogen and oxygen atoms in total. The predicted molar refractivity (Wildman–Crippen MR) is 70.6 cm³/mol. The van der Waals surface area contributed by atoms with Gasteiger partial charge in [0.25, 0.3) is 5.91 Å². The van der Waals surface area contributed by atoms with Gasteiger partial charge in [-0.15, -0.1) is 0 Å². The molecule has 3 rings (SSSR count). The van der Waals surface area contributed by atoms with Gasteiger partial charge in [-0.3, -0.25) is 14.6 Å². The molecule has 3 heterocycles. The molecule has 19 heavy (non-hydrogen) atoms. The molecule has 1 N–H and O–H groups in total. The number of carbonyl (C=O) groups excluding carboxylic acids is 1. The van der Waals surface area contributed by atoms with Crippen molar-refractivity contribution >= 4 is 5.91 Å². The number of carbonyl (C=O) groups is 1. The summed E-state index contributed by atoms with van der Waals surface area (Å²) in [5, 5.41) is 11.2. The van der Waals surface area contributed by atoms with Gasteiger partial charge in [-0.05, 0) is 19.8 Å². The van der Waals surface area contributed by atoms with Gasteiger partial charge in [0.15, 0.2) is 0 Å². The molecule has 100 valence electrons. The van der Waals surface area contributed by atoms with Crippen LogP contribution in [0.2, 0.25) is 0 Å². The van der Waals surface area contributed by atoms with Crippen LogP contribution in [-0.4, -0.2) is 43.9 Å². The molecule has 2 aromatic rings. The minimum Gasteiger partial charge on any atom is -0.339 e. The molecule has 1 aliphatic rings. The first kappa shape index (κ1) is 12.0. The Morgan fingerprint density at radius 1 is 1.37 bits per heavy atom. The van der Waals surface area contributed by atoms with Crippen LogP contribution in [0.5, 0.6) is 0 Å². The number of rotatable bonds is 3. The van der Waals surface area contributed by atoms with E-state index in [-0.39, 0.29) is 5.91 Å². The van der Waals surface area contributed by atoms with E-state index in [1.54, 1.807) is 12.4 Å². The highest BCUT2D eigenvalue weighted by Crippen LogP contribution is 2.23. The number of likely N-dealkylation sites (tertiary alicyclic amines) is 1. The zero-order valence-electron chi connectivity index (χ0n) is 11.0. The number of hydrogen-bond acceptors (Lipinski definition) is 3. The van der Waals surface area contributed by atoms with Gasteiger partial charge < -0.3 is 4.90 Å². The maximum atomic E-state index is 12.4. The standard InChI is InChI=1S/C13H17N5O/c1-2-18-9-10(7-15-18)12-11(8-14-16-12)13(19)17-5-3-4-6-17/h7-9H,2-6H2,1H3,(H,14,16). The van der Waals surface area contributed by atoms with E-state index in [0.29, 0.717) is 5.56 Å². The van der Waals surface area contributed by atoms with E-state index in [4.69, 9.17) is 0 Å². The predicted octanol–water partition coefficient (Wildman–Crippen LogP) is 1.53. The van der Waals surface area contributed by atoms with Crippen molar-refractivity contribution in [2.24, 2.45) is 0 Å². The average molecular weight is 259 g/mol. The molecule has 0 saturated carbocycles. The number of H-pyrrole nitrogens is 1. The largest absolute Gasteiger partial charge is 0.339 e. The second-order valence-electron chi connectivity index (χ2n) is 4.74. The van der Waals surface area contributed by atoms with Crippen molar-refractivity contribution in [3.63, 3.8) is 0 Å². The van der Waals surface area contributed by atoms with Gasteiger partial charge in [0, 0.05) is 31.4 Å². The summed E-state index contributed by atoms with van der Waals surface area (Å²) in [6, 6.07) is 0. The highest BCUT2D eigenvalue weighted by Gasteiger charge is 2.24. The van der Waals surface area contributed by atoms with Gasteiger partial charge in [-0.2, -0.15) is 10.2 Å². The van der Waals surface area contributed by atoms with Crippen molar-refractivity contribution in [2.45, 2.75) is 26.3 Å². The molecule has 1 saturated heterocycles. The summed E-state index contributed by atoms with van der Waals surface area (Å²) < 4.78 is 1.83. The van der Waals surface area contributed by atoms with E-state index in [9.17, 15) is 4.79 Å². The lowest BCUT2D eigenvalue weighted by Crippen LogP contribution is -2.27. The fourth-order valence-electron chi connectivity index (χ4n) is 2.42. The maximum Gasteiger partial charge on any atom is 0.257 e. The zero-order chi connectivity index (χ0) is 13.2. The molecule has 0 atom stereocenters. The normalized spacial score (nSPS) is 15.1. The first-order valence-electron chi connectivity index (χ1n) is 6.65. The molecular formula is C13H17N5O. The topological polar surface area (TPSA) is 66.8 Å². The lowest BCUT2D eigenvalue weighted by molar-refractivity contribution is 0.0793. The van der Waals surface area contributed by atoms with Gasteiger partial charge in [-0.25, -0.2) is 0 Å². The van der Waals surface area contributed by atoms with E-state index in [2.05, 4.69) is 15.3 Å². The van der Waals surface area contributed by atoms with Crippen molar-refractivity contribution in [1.82, 2.24) is 24.9 Å². The molecule has 0 unspecified atom stereocenters. The number of aromatic nitrogens is 4. The Morgan fingerprint density at radius 3 is 2.84 bits per heavy atom. The van der Waals surface area contributed by atoms with Crippen molar-refractivity contribution < 1.29 is 4.79 Å². The summed E-state index contributed by atoms with van der Waals surface area (Å²) >= 11 is 0. The third-order valence-electron chi connectivity index (χ3n) is 3.51. The van der Waals surface area contributed by atoms with Crippen LogP contribution in [0.15, 0.2) is 18.6 Å². The Hall–Kier alpha value is -2.11. The fraction of sp³-hybridized carbons (Fsp3) is 0.462. The van der Waals surface area contributed by atoms with Crippen LogP contribution in [0.1, 0.15) is 30.1 Å². The van der Waals surface area contributed by atoms with Gasteiger partial charge in [0.1, 0.15) is 0 Å². The first-order chi connectivity index (χ1) is 9.29. The third kappa shape index (κ3) is 2.14. The van der Waals surface area contributed by atoms with Gasteiger partial charge in [0.2, 0.25) is 0 Å². The highest BCUT2D eigenvalue weighted by atomic mass is 16.2. The van der Waals surface area contributed by atoms with Crippen LogP contribution < -0.4 is 0 Å². The molecular weight excluding hydrogens is 242 g/mol. The minimum atomic E-state index is 0.0606. The molecule has 0 radical (unpaired) electrons. The highest BCUT2D eigenvalue weighted by molar-refractivity contribution is 5.99. The third-order valence-corrected chi connectivity index (χ3v) is 3.51. The second-order valence-corrected chi connectivity index (χ2v) is 4.74. The summed E-state index contributed by atoms with van der Waals surface area (Å²) in [6.45, 7) is 4.53. The number of nitrogens with zero attached hydrogens (tertiary/aromatic N) is 4. The van der Waals surface area contributed by atoms with E-state index >= 15 is 0 Å². The Labute approximate surface area is 111 Å². The van der Waals surface area contributed by atoms with E-state index in [1.807, 2.05) is 22.7 Å². The number of amides is 1. The summed E-state index contributed by atoms with van der Waals surface area (Å²) in [7, 11) is 0. The van der Waals surface area contributed by atoms with E-state index < -0.39 is 0 Å². The summed E-state index contributed by atoms with van der Waals surface area (Å²) in [5.41, 5.74) is 2.30. The Morgan fingerprint density at radius 2 is 2.16 bits per heavy atom. The lowest BCUT2D eigenvalue weighted by Gasteiger charge is -2.14. The summed E-state index contributed by atoms with van der Waals surface area (Å²) in [5.74, 6) is 0.0606. The molecule has 1 aliphatic heterocycles. The molecule has 2 aromatic heterocycles. The van der Waals surface area contributed by atoms with Crippen LogP contribution in [-0.2, 0) is 6.54 Å². The minimum absolute atomic E-state index is 0.0606. The van der Waals surface area contributed by atoms with Gasteiger partial charge in [-0.1, -0.05) is 0 Å². The van der Waals surface area contributed by atoms with Crippen LogP contribution in [0.25, 0.3) is 11.3 Å². The summed E-state index contributed by atoms with van der Waals surface area (Å²) in [4.78, 5) is 14.3. The maximum absolute atomic E-state index is 12.4. The van der Waals surface area contributed by atoms with Crippen LogP contribution in [0, 0.1) is 0 Å². The lowest BCUT2D eigenvalue weighted by atomic mass is 10.1. The molecule has 1 amide bonds. The molecule has 1 fully saturated rings. The van der Waals surface area contributed by atoms with Crippen LogP contribution >= 0.6 is 0 Å². The monoisotopic (exact) mass is 259 g/mol. The second kappa shape index (κ2) is 4.87. The SMILES string of the molecule is CCn1cc(-c2[nH]ncc2C(=O)N2CCCC2)cn1. The van der Waals surface area contributed by atoms with Crippen molar-refractivity contribution in [3.05, 3.63) is 24.2 Å². The number of aromatic amines is 1. The number of hydrogen-bond donors (Lipinski definition) is 1. The Kier molecular flexibility index (Phi) is 3.06. The number of nitrogens with one attached hydrogen (secondary N) is 1. The average Bonchev–Trinajstić information content (AvgIpc) is 3.16. The molecule has 6 heteroatoms. The van der Waals surface area contributed by atoms with Crippen LogP contribution in [0.3, 0.4) is 0 Å². The molecule has 0 bridgehead atoms. The molecule has 0 aromatic carbocycles. The fourth-order valence-corrected chi connectivity index (χ4v) is 2.42. The Balaban J connectivity index is 1.91. The smallest absolute Gasteiger partial charge is 0.257 e. The van der Waals surface area contributed by atoms with Crippen molar-refractivity contribution in [1.29, 1.82) is 0 Å². The number of aryl methyl sites for hydroxylation is 1. The van der Waals surface area contributed by atoms with Crippen LogP contribution in [0.4, 0.5) is 0 Å². The van der Waals surface area contributed by atoms with Gasteiger partial charge >= 0.3 is 0 Å². The first-order valence-corrected chi connectivity index (χ1v) is 6.65. The Bertz CT molecular complexity index is 579.